The molecule has 0 radical (unpaired) electrons. The van der Waals surface area contributed by atoms with Crippen LogP contribution >= 0.6 is 8.25 Å². The summed E-state index contributed by atoms with van der Waals surface area (Å²) in [4.78, 5) is 8.22. The largest absolute Gasteiger partial charge is 0.694 e. The summed E-state index contributed by atoms with van der Waals surface area (Å²) in [5, 5.41) is 0. The first-order valence-electron chi connectivity index (χ1n) is 2.71. The standard InChI is InChI=1S/C4H11O3PSi/c1-9(2,3)4-7-8(5)6/h4H2,1-3H3/p+1. The molecule has 0 aliphatic rings. The third-order valence-electron chi connectivity index (χ3n) is 0.608. The Morgan fingerprint density at radius 2 is 2.00 bits per heavy atom. The van der Waals surface area contributed by atoms with Gasteiger partial charge in [-0.05, 0) is 0 Å². The highest BCUT2D eigenvalue weighted by Gasteiger charge is 2.21. The predicted octanol–water partition coefficient (Wildman–Crippen LogP) is 1.53. The van der Waals surface area contributed by atoms with Gasteiger partial charge in [0, 0.05) is 4.57 Å². The highest BCUT2D eigenvalue weighted by Crippen LogP contribution is 2.16. The van der Waals surface area contributed by atoms with Crippen molar-refractivity contribution in [1.82, 2.24) is 0 Å². The first-order chi connectivity index (χ1) is 3.92. The molecule has 0 rings (SSSR count). The van der Waals surface area contributed by atoms with Crippen molar-refractivity contribution in [2.45, 2.75) is 19.6 Å². The Kier molecular flexibility index (Phi) is 3.51. The maximum Gasteiger partial charge on any atom is 0.694 e. The van der Waals surface area contributed by atoms with Crippen LogP contribution in [0.15, 0.2) is 0 Å². The molecule has 0 aromatic heterocycles. The molecule has 0 aromatic carbocycles. The monoisotopic (exact) mass is 167 g/mol. The van der Waals surface area contributed by atoms with Gasteiger partial charge < -0.3 is 0 Å². The lowest BCUT2D eigenvalue weighted by Crippen LogP contribution is -2.26. The van der Waals surface area contributed by atoms with Crippen LogP contribution in [0.25, 0.3) is 0 Å². The summed E-state index contributed by atoms with van der Waals surface area (Å²) in [5.41, 5.74) is 0. The van der Waals surface area contributed by atoms with E-state index >= 15 is 0 Å². The Morgan fingerprint density at radius 3 is 2.11 bits per heavy atom. The van der Waals surface area contributed by atoms with E-state index in [1.54, 1.807) is 0 Å². The van der Waals surface area contributed by atoms with Crippen molar-refractivity contribution >= 4 is 16.3 Å². The number of rotatable bonds is 3. The predicted molar refractivity (Wildman–Crippen MR) is 39.1 cm³/mol. The van der Waals surface area contributed by atoms with Gasteiger partial charge in [0.15, 0.2) is 0 Å². The smallest absolute Gasteiger partial charge is 0.133 e. The van der Waals surface area contributed by atoms with E-state index in [4.69, 9.17) is 4.89 Å². The summed E-state index contributed by atoms with van der Waals surface area (Å²) in [6.45, 7) is 6.23. The molecule has 0 aromatic rings. The first kappa shape index (κ1) is 9.24. The molecule has 0 amide bonds. The molecule has 0 spiro atoms. The fraction of sp³-hybridized carbons (Fsp3) is 1.00. The van der Waals surface area contributed by atoms with Crippen LogP contribution in [0.3, 0.4) is 0 Å². The molecule has 0 bridgehead atoms. The van der Waals surface area contributed by atoms with Crippen molar-refractivity contribution in [3.63, 3.8) is 0 Å². The van der Waals surface area contributed by atoms with Gasteiger partial charge in [-0.1, -0.05) is 19.6 Å². The van der Waals surface area contributed by atoms with Crippen molar-refractivity contribution in [1.29, 1.82) is 0 Å². The van der Waals surface area contributed by atoms with E-state index in [1.807, 2.05) is 0 Å². The van der Waals surface area contributed by atoms with E-state index in [0.29, 0.717) is 6.23 Å². The van der Waals surface area contributed by atoms with Gasteiger partial charge in [0.1, 0.15) is 0 Å². The second kappa shape index (κ2) is 3.42. The zero-order chi connectivity index (χ0) is 7.49. The Hall–Kier alpha value is 0.237. The second-order valence-electron chi connectivity index (χ2n) is 3.07. The fourth-order valence-electron chi connectivity index (χ4n) is 0.249. The van der Waals surface area contributed by atoms with Gasteiger partial charge in [0.2, 0.25) is 0 Å². The first-order valence-corrected chi connectivity index (χ1v) is 7.54. The van der Waals surface area contributed by atoms with Gasteiger partial charge in [0.05, 0.1) is 14.3 Å². The molecule has 0 saturated carbocycles. The Balaban J connectivity index is 3.39. The Labute approximate surface area is 57.0 Å². The van der Waals surface area contributed by atoms with Gasteiger partial charge in [-0.2, -0.15) is 0 Å². The molecule has 0 heterocycles. The zero-order valence-electron chi connectivity index (χ0n) is 5.92. The third-order valence-corrected chi connectivity index (χ3v) is 2.21. The van der Waals surface area contributed by atoms with Crippen molar-refractivity contribution in [2.24, 2.45) is 0 Å². The van der Waals surface area contributed by atoms with Crippen LogP contribution < -0.4 is 0 Å². The molecule has 5 heteroatoms. The minimum Gasteiger partial charge on any atom is -0.133 e. The summed E-state index contributed by atoms with van der Waals surface area (Å²) >= 11 is 0. The van der Waals surface area contributed by atoms with Crippen LogP contribution in [0.1, 0.15) is 0 Å². The molecule has 0 aliphatic heterocycles. The highest BCUT2D eigenvalue weighted by molar-refractivity contribution is 7.32. The summed E-state index contributed by atoms with van der Waals surface area (Å²) in [5.74, 6) is 0. The molecule has 1 atom stereocenters. The highest BCUT2D eigenvalue weighted by atomic mass is 31.1. The maximum atomic E-state index is 9.99. The molecule has 0 fully saturated rings. The lowest BCUT2D eigenvalue weighted by molar-refractivity contribution is 0.322. The van der Waals surface area contributed by atoms with E-state index in [0.717, 1.165) is 0 Å². The minimum absolute atomic E-state index is 0.457. The molecule has 9 heavy (non-hydrogen) atoms. The summed E-state index contributed by atoms with van der Waals surface area (Å²) in [6.07, 6.45) is 0.457. The summed E-state index contributed by atoms with van der Waals surface area (Å²) in [6, 6.07) is 0. The minimum atomic E-state index is -2.38. The van der Waals surface area contributed by atoms with E-state index < -0.39 is 16.3 Å². The molecule has 1 N–H and O–H groups in total. The Bertz CT molecular complexity index is 109. The number of hydrogen-bond donors (Lipinski definition) is 1. The maximum absolute atomic E-state index is 9.99. The normalized spacial score (nSPS) is 13.6. The van der Waals surface area contributed by atoms with Crippen LogP contribution in [0.2, 0.25) is 19.6 Å². The summed E-state index contributed by atoms with van der Waals surface area (Å²) < 4.78 is 14.5. The molecule has 0 saturated heterocycles. The van der Waals surface area contributed by atoms with Crippen molar-refractivity contribution in [3.8, 4) is 0 Å². The van der Waals surface area contributed by atoms with Crippen LogP contribution in [-0.4, -0.2) is 19.2 Å². The average Bonchev–Trinajstić information content (AvgIpc) is 1.59. The lowest BCUT2D eigenvalue weighted by Gasteiger charge is -2.08. The van der Waals surface area contributed by atoms with Crippen LogP contribution in [-0.2, 0) is 9.09 Å². The topological polar surface area (TPSA) is 46.5 Å². The van der Waals surface area contributed by atoms with Crippen LogP contribution in [0, 0.1) is 0 Å². The zero-order valence-corrected chi connectivity index (χ0v) is 7.81. The van der Waals surface area contributed by atoms with Crippen molar-refractivity contribution in [2.75, 3.05) is 6.23 Å². The molecule has 0 aliphatic carbocycles. The van der Waals surface area contributed by atoms with Gasteiger partial charge in [-0.25, -0.2) is 0 Å². The lowest BCUT2D eigenvalue weighted by atomic mass is 11.7. The number of hydrogen-bond acceptors (Lipinski definition) is 2. The quantitative estimate of drug-likeness (QED) is 0.512. The van der Waals surface area contributed by atoms with Gasteiger partial charge >= 0.3 is 8.25 Å². The Morgan fingerprint density at radius 1 is 1.56 bits per heavy atom. The van der Waals surface area contributed by atoms with Crippen LogP contribution in [0.5, 0.6) is 0 Å². The van der Waals surface area contributed by atoms with Crippen LogP contribution in [0.4, 0.5) is 0 Å². The van der Waals surface area contributed by atoms with Crippen molar-refractivity contribution in [3.05, 3.63) is 0 Å². The SMILES string of the molecule is C[Si](C)(C)CO[P+](=O)O. The molecular formula is C4H12O3PSi+. The van der Waals surface area contributed by atoms with E-state index in [2.05, 4.69) is 24.2 Å². The average molecular weight is 167 g/mol. The van der Waals surface area contributed by atoms with Gasteiger partial charge in [-0.15, -0.1) is 9.42 Å². The molecule has 54 valence electrons. The molecule has 3 nitrogen and oxygen atoms in total. The van der Waals surface area contributed by atoms with Gasteiger partial charge in [0.25, 0.3) is 0 Å². The van der Waals surface area contributed by atoms with E-state index in [9.17, 15) is 4.57 Å². The van der Waals surface area contributed by atoms with Crippen molar-refractivity contribution < 1.29 is 14.0 Å². The molecular weight excluding hydrogens is 155 g/mol. The van der Waals surface area contributed by atoms with E-state index in [-0.39, 0.29) is 0 Å². The fourth-order valence-corrected chi connectivity index (χ4v) is 2.24. The summed E-state index contributed by atoms with van der Waals surface area (Å²) in [7, 11) is -3.67. The molecule has 1 unspecified atom stereocenters. The van der Waals surface area contributed by atoms with Gasteiger partial charge in [-0.3, -0.25) is 0 Å². The third kappa shape index (κ3) is 8.24. The second-order valence-corrected chi connectivity index (χ2v) is 9.22. The van der Waals surface area contributed by atoms with E-state index in [1.165, 1.54) is 0 Å².